The van der Waals surface area contributed by atoms with Crippen LogP contribution in [0.1, 0.15) is 159 Å². The van der Waals surface area contributed by atoms with Crippen LogP contribution in [0.4, 0.5) is 48.1 Å². The van der Waals surface area contributed by atoms with Gasteiger partial charge in [-0.25, -0.2) is 33.9 Å². The van der Waals surface area contributed by atoms with Gasteiger partial charge in [-0.1, -0.05) is 149 Å². The highest BCUT2D eigenvalue weighted by Crippen LogP contribution is 2.55. The van der Waals surface area contributed by atoms with Gasteiger partial charge in [0, 0.05) is 83.3 Å². The van der Waals surface area contributed by atoms with E-state index >= 15 is 17.6 Å². The lowest BCUT2D eigenvalue weighted by atomic mass is 9.95. The average molecular weight is 1760 g/mol. The van der Waals surface area contributed by atoms with Crippen LogP contribution in [0, 0.1) is 11.8 Å². The Bertz CT molecular complexity index is 6050. The molecule has 8 aromatic carbocycles. The number of nitrogens with zero attached hydrogens (tertiary/aromatic N) is 7. The zero-order valence-corrected chi connectivity index (χ0v) is 72.5. The number of carbonyl (C=O) groups excluding carboxylic acids is 7. The fourth-order valence-electron chi connectivity index (χ4n) is 18.8. The third-order valence-corrected chi connectivity index (χ3v) is 25.4. The second-order valence-electron chi connectivity index (χ2n) is 34.0. The quantitative estimate of drug-likeness (QED) is 0.0260. The Hall–Kier alpha value is -13.8. The molecule has 8 N–H and O–H groups in total. The highest BCUT2D eigenvalue weighted by molar-refractivity contribution is 6.02. The molecule has 0 bridgehead atoms. The maximum atomic E-state index is 16.6. The molecule has 27 nitrogen and oxygen atoms in total. The van der Waals surface area contributed by atoms with E-state index in [1.54, 1.807) is 118 Å². The van der Waals surface area contributed by atoms with Crippen LogP contribution < -0.4 is 26.6 Å². The van der Waals surface area contributed by atoms with Crippen LogP contribution in [0.3, 0.4) is 0 Å². The van der Waals surface area contributed by atoms with Gasteiger partial charge in [-0.15, -0.1) is 0 Å². The minimum absolute atomic E-state index is 0.000392. The van der Waals surface area contributed by atoms with E-state index in [1.165, 1.54) is 34.5 Å². The minimum Gasteiger partial charge on any atom is -0.479 e. The number of ether oxygens (including phenoxy) is 4. The topological polar surface area (TPSA) is 346 Å². The van der Waals surface area contributed by atoms with Gasteiger partial charge in [0.1, 0.15) is 29.8 Å². The summed E-state index contributed by atoms with van der Waals surface area (Å²) in [6.07, 6.45) is 8.35. The van der Waals surface area contributed by atoms with Gasteiger partial charge in [-0.3, -0.25) is 24.4 Å². The Labute approximate surface area is 742 Å². The molecular formula is C98H100F4N14O13. The molecule has 0 saturated carbocycles. The predicted molar refractivity (Wildman–Crippen MR) is 476 cm³/mol. The van der Waals surface area contributed by atoms with E-state index in [-0.39, 0.29) is 69.9 Å². The van der Waals surface area contributed by atoms with Crippen molar-refractivity contribution in [3.05, 3.63) is 238 Å². The number of carbonyl (C=O) groups is 8. The Morgan fingerprint density at radius 3 is 1.20 bits per heavy atom. The number of aliphatic carboxylic acids is 1. The van der Waals surface area contributed by atoms with Crippen molar-refractivity contribution in [3.63, 3.8) is 0 Å². The summed E-state index contributed by atoms with van der Waals surface area (Å²) in [5.74, 6) is -7.49. The maximum Gasteiger partial charge on any atom is 0.407 e. The fraction of sp³-hybridized carbons (Fsp3) is 0.347. The van der Waals surface area contributed by atoms with Gasteiger partial charge < -0.3 is 75.3 Å². The number of alkyl carbamates (subject to hydrolysis) is 4. The first-order valence-corrected chi connectivity index (χ1v) is 43.3. The summed E-state index contributed by atoms with van der Waals surface area (Å²) < 4.78 is 84.4. The Balaban J connectivity index is 0.000000166. The molecule has 10 aromatic rings. The van der Waals surface area contributed by atoms with Crippen molar-refractivity contribution in [2.24, 2.45) is 21.8 Å². The number of hydrogen-bond donors (Lipinski definition) is 8. The maximum absolute atomic E-state index is 16.6. The van der Waals surface area contributed by atoms with E-state index in [0.29, 0.717) is 118 Å². The van der Waals surface area contributed by atoms with Gasteiger partial charge in [0.2, 0.25) is 17.7 Å². The number of aliphatic imine (C=N–C) groups is 2. The highest BCUT2D eigenvalue weighted by atomic mass is 19.3. The number of fused-ring (bicyclic) bond motifs is 8. The average Bonchev–Trinajstić information content (AvgIpc) is 1.57. The Morgan fingerprint density at radius 1 is 0.426 bits per heavy atom. The van der Waals surface area contributed by atoms with E-state index in [1.807, 2.05) is 94.4 Å². The van der Waals surface area contributed by atoms with Crippen LogP contribution in [-0.4, -0.2) is 178 Å². The number of rotatable bonds is 20. The van der Waals surface area contributed by atoms with Gasteiger partial charge in [-0.05, 0) is 185 Å². The number of aromatic nitrogens is 4. The zero-order valence-electron chi connectivity index (χ0n) is 72.5. The molecule has 2 aromatic heterocycles. The Morgan fingerprint density at radius 2 is 0.791 bits per heavy atom. The summed E-state index contributed by atoms with van der Waals surface area (Å²) >= 11 is 0. The molecule has 0 spiro atoms. The number of imidazole rings is 2. The number of halogens is 4. The summed E-state index contributed by atoms with van der Waals surface area (Å²) in [5.41, 5.74) is 14.1. The molecule has 668 valence electrons. The number of likely N-dealkylation sites (tertiary alicyclic amines) is 3. The molecule has 4 saturated heterocycles. The number of nitrogens with one attached hydrogen (secondary N) is 7. The number of alkyl halides is 4. The molecule has 0 radical (unpaired) electrons. The smallest absolute Gasteiger partial charge is 0.407 e. The second kappa shape index (κ2) is 37.2. The van der Waals surface area contributed by atoms with Crippen molar-refractivity contribution in [2.45, 2.75) is 152 Å². The molecular weight excluding hydrogens is 1660 g/mol. The number of aromatic amines is 2. The van der Waals surface area contributed by atoms with Gasteiger partial charge in [0.05, 0.1) is 81.7 Å². The van der Waals surface area contributed by atoms with E-state index in [9.17, 15) is 38.4 Å². The van der Waals surface area contributed by atoms with Crippen LogP contribution in [0.25, 0.3) is 67.0 Å². The summed E-state index contributed by atoms with van der Waals surface area (Å²) in [6, 6.07) is 45.9. The predicted octanol–water partition coefficient (Wildman–Crippen LogP) is 17.1. The molecule has 31 heteroatoms. The first-order valence-electron chi connectivity index (χ1n) is 43.3. The van der Waals surface area contributed by atoms with Crippen LogP contribution in [0.2, 0.25) is 0 Å². The largest absolute Gasteiger partial charge is 0.479 e. The van der Waals surface area contributed by atoms with Gasteiger partial charge in [0.25, 0.3) is 11.8 Å². The first kappa shape index (κ1) is 88.6. The van der Waals surface area contributed by atoms with Crippen LogP contribution in [0.15, 0.2) is 192 Å². The van der Waals surface area contributed by atoms with E-state index in [4.69, 9.17) is 29.3 Å². The van der Waals surface area contributed by atoms with Gasteiger partial charge in [0.15, 0.2) is 6.04 Å². The van der Waals surface area contributed by atoms with Crippen molar-refractivity contribution in [1.29, 1.82) is 0 Å². The van der Waals surface area contributed by atoms with Crippen LogP contribution in [-0.2, 0) is 62.8 Å². The van der Waals surface area contributed by atoms with Crippen molar-refractivity contribution in [2.75, 3.05) is 54.6 Å². The molecule has 6 aliphatic heterocycles. The van der Waals surface area contributed by atoms with Crippen molar-refractivity contribution in [3.8, 4) is 67.0 Å². The summed E-state index contributed by atoms with van der Waals surface area (Å²) in [4.78, 5) is 130. The summed E-state index contributed by atoms with van der Waals surface area (Å²) in [5, 5.41) is 22.7. The molecule has 4 fully saturated rings. The van der Waals surface area contributed by atoms with Crippen molar-refractivity contribution in [1.82, 2.24) is 61.2 Å². The molecule has 8 heterocycles. The molecule has 0 unspecified atom stereocenters. The number of carboxylic acid groups (broad SMARTS) is 1. The lowest BCUT2D eigenvalue weighted by Crippen LogP contribution is -2.51. The first-order chi connectivity index (χ1) is 62.1. The lowest BCUT2D eigenvalue weighted by molar-refractivity contribution is -0.139. The molecule has 8 atom stereocenters. The normalized spacial score (nSPS) is 18.9. The van der Waals surface area contributed by atoms with E-state index in [0.717, 1.165) is 102 Å². The van der Waals surface area contributed by atoms with Crippen molar-refractivity contribution < 1.29 is 80.0 Å². The van der Waals surface area contributed by atoms with Gasteiger partial charge in [-0.2, -0.15) is 17.6 Å². The lowest BCUT2D eigenvalue weighted by Gasteiger charge is -2.30. The number of hydrogen-bond acceptors (Lipinski definition) is 17. The standard InChI is InChI=1S/C49H49F2N7O6.C39H40F2N6O3.C10H11NO4/c1-27(2)42(55-47(61)63-3)45(59)58-21-9-13-41(58)44-52-26-39(54-44)31-15-18-34-33-17-14-30(23-35(33)49(50,51)36(34)24-31)29-16-19-37-32(22-29)25-38(53-37)40-12-8-20-57(40)46(60)43(56-48(62)64-4)28-10-6-5-7-11-28;1-21(2)35(46-38(49)50-3)37(48)47-15-5-7-34(47)36-43-20-33(45-36)24-9-12-27-26-11-8-23(17-28(26)39(40,41)29(27)18-24)22-10-13-30-25(16-22)19-32(44-30)31-6-4-14-42-31;1-15-10(14)11-8(9(12)13)7-5-3-2-4-6-7/h5-7,10-11,14-19,22-24,26-27,40-43H,8-9,12-13,20-21,25H2,1-4H3,(H,52,54)(H,55,61)(H,56,62);8-13,16-18,20-21,31,34-35,42H,4-7,14-15,19H2,1-3H3,(H,43,45)(H,46,49);2-6,8H,1H3,(H,11,14)(H,12,13)/t40-,41-,42-,43+;31-,34-,35-;8-/m001/s1. The van der Waals surface area contributed by atoms with Crippen LogP contribution in [0.5, 0.6) is 0 Å². The molecule has 18 rings (SSSR count). The van der Waals surface area contributed by atoms with Gasteiger partial charge >= 0.3 is 30.3 Å². The minimum atomic E-state index is -3.28. The summed E-state index contributed by atoms with van der Waals surface area (Å²) in [7, 11) is 4.96. The molecule has 8 aliphatic rings. The third kappa shape index (κ3) is 17.9. The fourth-order valence-corrected chi connectivity index (χ4v) is 18.8. The number of methoxy groups -OCH3 is 4. The number of amides is 7. The second-order valence-corrected chi connectivity index (χ2v) is 34.0. The number of H-pyrrole nitrogens is 2. The molecule has 7 amide bonds. The van der Waals surface area contributed by atoms with Crippen molar-refractivity contribution >= 4 is 70.9 Å². The van der Waals surface area contributed by atoms with E-state index < -0.39 is 66.4 Å². The van der Waals surface area contributed by atoms with E-state index in [2.05, 4.69) is 57.3 Å². The Kier molecular flexibility index (Phi) is 25.6. The zero-order chi connectivity index (χ0) is 90.9. The SMILES string of the molecule is COC(=O)N[C@@H](C(=O)O)c1ccccc1.COC(=O)N[C@H](C(=O)N1CCC[C@H]1c1ncc(-c2ccc3c(c2)C(F)(F)c2cc(-c4ccc5c(c4)CC([C@@H]4CCCN4)=N5)ccc2-3)[nH]1)C(C)C.COC(=O)N[C@H](C(=O)N1CCC[C@H]1c1ncc(-c2ccc3c(c2)C(F)(F)c2cc(-c4ccc5c(c4)CC([C@@H]4CCCN4C(=O)[C@H](NC(=O)OC)c4ccccc4)=N5)ccc2-3)[nH]1)C(C)C. The third-order valence-electron chi connectivity index (χ3n) is 25.4. The van der Waals surface area contributed by atoms with Crippen LogP contribution >= 0.6 is 0 Å². The number of benzene rings is 8. The number of carboxylic acids is 1. The summed E-state index contributed by atoms with van der Waals surface area (Å²) in [6.45, 7) is 9.98. The molecule has 129 heavy (non-hydrogen) atoms. The monoisotopic (exact) mass is 1760 g/mol. The molecule has 2 aliphatic carbocycles. The highest BCUT2D eigenvalue weighted by Gasteiger charge is 2.48.